The first-order valence-electron chi connectivity index (χ1n) is 8.06. The summed E-state index contributed by atoms with van der Waals surface area (Å²) in [7, 11) is 0. The molecule has 1 aliphatic carbocycles. The molecule has 0 spiro atoms. The van der Waals surface area contributed by atoms with Crippen LogP contribution in [0.2, 0.25) is 0 Å². The lowest BCUT2D eigenvalue weighted by Gasteiger charge is -2.28. The topological polar surface area (TPSA) is 57.0 Å². The number of nitrogens with zero attached hydrogens (tertiary/aromatic N) is 3. The minimum Gasteiger partial charge on any atom is -0.311 e. The summed E-state index contributed by atoms with van der Waals surface area (Å²) >= 11 is 0. The maximum absolute atomic E-state index is 13.1. The third kappa shape index (κ3) is 2.29. The molecule has 0 bridgehead atoms. The Labute approximate surface area is 135 Å². The van der Waals surface area contributed by atoms with Crippen molar-refractivity contribution in [2.75, 3.05) is 11.4 Å². The molecule has 1 aromatic carbocycles. The van der Waals surface area contributed by atoms with Crippen molar-refractivity contribution in [1.29, 1.82) is 5.26 Å². The second-order valence-electron chi connectivity index (χ2n) is 6.19. The maximum atomic E-state index is 13.1. The summed E-state index contributed by atoms with van der Waals surface area (Å²) in [6, 6.07) is 11.8. The molecule has 0 saturated carbocycles. The van der Waals surface area contributed by atoms with Crippen LogP contribution >= 0.6 is 0 Å². The average molecular weight is 303 g/mol. The van der Waals surface area contributed by atoms with Crippen LogP contribution in [0.15, 0.2) is 36.5 Å². The highest BCUT2D eigenvalue weighted by Crippen LogP contribution is 2.36. The van der Waals surface area contributed by atoms with E-state index in [-0.39, 0.29) is 11.8 Å². The van der Waals surface area contributed by atoms with E-state index in [2.05, 4.69) is 17.1 Å². The van der Waals surface area contributed by atoms with Crippen LogP contribution in [0.4, 0.5) is 5.69 Å². The van der Waals surface area contributed by atoms with Crippen LogP contribution in [0.5, 0.6) is 0 Å². The van der Waals surface area contributed by atoms with Crippen molar-refractivity contribution in [3.63, 3.8) is 0 Å². The third-order valence-electron chi connectivity index (χ3n) is 4.87. The van der Waals surface area contributed by atoms with Crippen molar-refractivity contribution >= 4 is 11.6 Å². The van der Waals surface area contributed by atoms with Gasteiger partial charge in [-0.05, 0) is 55.0 Å². The number of pyridine rings is 1. The van der Waals surface area contributed by atoms with Crippen molar-refractivity contribution in [3.05, 3.63) is 58.9 Å². The first-order chi connectivity index (χ1) is 11.3. The molecular weight excluding hydrogens is 286 g/mol. The van der Waals surface area contributed by atoms with Crippen LogP contribution in [0.3, 0.4) is 0 Å². The van der Waals surface area contributed by atoms with Gasteiger partial charge in [0.15, 0.2) is 0 Å². The minimum absolute atomic E-state index is 0.124. The van der Waals surface area contributed by atoms with E-state index in [0.717, 1.165) is 42.6 Å². The van der Waals surface area contributed by atoms with Gasteiger partial charge >= 0.3 is 0 Å². The van der Waals surface area contributed by atoms with Crippen molar-refractivity contribution < 1.29 is 4.79 Å². The Morgan fingerprint density at radius 1 is 1.26 bits per heavy atom. The number of aromatic nitrogens is 1. The van der Waals surface area contributed by atoms with Gasteiger partial charge in [-0.2, -0.15) is 5.26 Å². The Bertz CT molecular complexity index is 822. The summed E-state index contributed by atoms with van der Waals surface area (Å²) < 4.78 is 0. The van der Waals surface area contributed by atoms with Gasteiger partial charge in [0, 0.05) is 18.4 Å². The molecule has 2 heterocycles. The Hall–Kier alpha value is -2.67. The quantitative estimate of drug-likeness (QED) is 0.814. The van der Waals surface area contributed by atoms with Gasteiger partial charge in [-0.25, -0.2) is 0 Å². The van der Waals surface area contributed by atoms with E-state index in [1.165, 1.54) is 5.56 Å². The van der Waals surface area contributed by atoms with E-state index in [0.29, 0.717) is 12.1 Å². The fourth-order valence-electron chi connectivity index (χ4n) is 3.72. The molecule has 4 rings (SSSR count). The van der Waals surface area contributed by atoms with Gasteiger partial charge in [-0.3, -0.25) is 9.78 Å². The largest absolute Gasteiger partial charge is 0.311 e. The van der Waals surface area contributed by atoms with E-state index in [9.17, 15) is 4.79 Å². The molecule has 1 atom stereocenters. The molecule has 1 aliphatic heterocycles. The first-order valence-corrected chi connectivity index (χ1v) is 8.06. The van der Waals surface area contributed by atoms with Gasteiger partial charge in [0.1, 0.15) is 0 Å². The number of carbonyl (C=O) groups is 1. The number of rotatable bonds is 1. The normalized spacial score (nSPS) is 18.9. The zero-order valence-corrected chi connectivity index (χ0v) is 12.8. The molecule has 0 saturated heterocycles. The number of benzene rings is 1. The molecule has 4 heteroatoms. The van der Waals surface area contributed by atoms with Gasteiger partial charge in [0.05, 0.1) is 23.2 Å². The van der Waals surface area contributed by atoms with Crippen LogP contribution < -0.4 is 4.90 Å². The molecule has 2 aliphatic rings. The summed E-state index contributed by atoms with van der Waals surface area (Å²) in [5, 5.41) is 9.11. The summed E-state index contributed by atoms with van der Waals surface area (Å²) in [5.74, 6) is -0.0323. The van der Waals surface area contributed by atoms with Gasteiger partial charge in [0.25, 0.3) is 0 Å². The monoisotopic (exact) mass is 303 g/mol. The highest BCUT2D eigenvalue weighted by molar-refractivity contribution is 6.00. The fraction of sp³-hybridized carbons (Fsp3) is 0.316. The minimum atomic E-state index is -0.156. The zero-order chi connectivity index (χ0) is 15.8. The average Bonchev–Trinajstić information content (AvgIpc) is 3.03. The van der Waals surface area contributed by atoms with Crippen molar-refractivity contribution in [3.8, 4) is 6.07 Å². The Morgan fingerprint density at radius 2 is 2.17 bits per heavy atom. The molecule has 1 unspecified atom stereocenters. The van der Waals surface area contributed by atoms with E-state index in [1.807, 2.05) is 29.2 Å². The van der Waals surface area contributed by atoms with Crippen LogP contribution in [0.1, 0.15) is 41.1 Å². The SMILES string of the molecule is N#Cc1ccc2c(c1)N(C(=O)C1CCCc3cccnc31)CC2. The van der Waals surface area contributed by atoms with Crippen LogP contribution in [-0.2, 0) is 17.6 Å². The molecule has 1 amide bonds. The molecule has 0 radical (unpaired) electrons. The lowest BCUT2D eigenvalue weighted by atomic mass is 9.85. The number of hydrogen-bond acceptors (Lipinski definition) is 3. The van der Waals surface area contributed by atoms with Gasteiger partial charge < -0.3 is 4.90 Å². The second kappa shape index (κ2) is 5.51. The van der Waals surface area contributed by atoms with Crippen molar-refractivity contribution in [2.45, 2.75) is 31.6 Å². The van der Waals surface area contributed by atoms with Crippen molar-refractivity contribution in [1.82, 2.24) is 4.98 Å². The Kier molecular flexibility index (Phi) is 3.34. The smallest absolute Gasteiger partial charge is 0.236 e. The number of aryl methyl sites for hydroxylation is 1. The molecule has 0 fully saturated rings. The molecular formula is C19H17N3O. The van der Waals surface area contributed by atoms with Gasteiger partial charge in [0.2, 0.25) is 5.91 Å². The second-order valence-corrected chi connectivity index (χ2v) is 6.19. The van der Waals surface area contributed by atoms with Crippen LogP contribution in [0.25, 0.3) is 0 Å². The molecule has 1 aromatic heterocycles. The lowest BCUT2D eigenvalue weighted by molar-refractivity contribution is -0.120. The lowest BCUT2D eigenvalue weighted by Crippen LogP contribution is -2.35. The molecule has 114 valence electrons. The molecule has 23 heavy (non-hydrogen) atoms. The molecule has 2 aromatic rings. The number of hydrogen-bond donors (Lipinski definition) is 0. The number of carbonyl (C=O) groups excluding carboxylic acids is 1. The summed E-state index contributed by atoms with van der Waals surface area (Å²) in [6.07, 6.45) is 5.51. The van der Waals surface area contributed by atoms with Gasteiger partial charge in [-0.15, -0.1) is 0 Å². The molecule has 4 nitrogen and oxygen atoms in total. The van der Waals surface area contributed by atoms with Crippen LogP contribution in [-0.4, -0.2) is 17.4 Å². The fourth-order valence-corrected chi connectivity index (χ4v) is 3.72. The standard InChI is InChI=1S/C19H17N3O/c20-12-13-6-7-14-8-10-22(17(14)11-13)19(23)16-5-1-3-15-4-2-9-21-18(15)16/h2,4,6-7,9,11,16H,1,3,5,8,10H2. The van der Waals surface area contributed by atoms with E-state index in [4.69, 9.17) is 5.26 Å². The summed E-state index contributed by atoms with van der Waals surface area (Å²) in [4.78, 5) is 19.5. The third-order valence-corrected chi connectivity index (χ3v) is 4.87. The van der Waals surface area contributed by atoms with E-state index < -0.39 is 0 Å². The van der Waals surface area contributed by atoms with Gasteiger partial charge in [-0.1, -0.05) is 12.1 Å². The number of fused-ring (bicyclic) bond motifs is 2. The summed E-state index contributed by atoms with van der Waals surface area (Å²) in [6.45, 7) is 0.696. The Morgan fingerprint density at radius 3 is 3.04 bits per heavy atom. The molecule has 0 N–H and O–H groups in total. The highest BCUT2D eigenvalue weighted by Gasteiger charge is 2.34. The maximum Gasteiger partial charge on any atom is 0.236 e. The van der Waals surface area contributed by atoms with Crippen molar-refractivity contribution in [2.24, 2.45) is 0 Å². The Balaban J connectivity index is 1.69. The number of nitriles is 1. The zero-order valence-electron chi connectivity index (χ0n) is 12.8. The number of amides is 1. The van der Waals surface area contributed by atoms with E-state index in [1.54, 1.807) is 6.20 Å². The highest BCUT2D eigenvalue weighted by atomic mass is 16.2. The van der Waals surface area contributed by atoms with Crippen LogP contribution in [0, 0.1) is 11.3 Å². The predicted molar refractivity (Wildman–Crippen MR) is 87.1 cm³/mol. The predicted octanol–water partition coefficient (Wildman–Crippen LogP) is 2.96. The number of anilines is 1. The summed E-state index contributed by atoms with van der Waals surface area (Å²) in [5.41, 5.74) is 4.79. The van der Waals surface area contributed by atoms with E-state index >= 15 is 0 Å². The first kappa shape index (κ1) is 14.0.